The van der Waals surface area contributed by atoms with Gasteiger partial charge in [-0.25, -0.2) is 0 Å². The predicted molar refractivity (Wildman–Crippen MR) is 145 cm³/mol. The van der Waals surface area contributed by atoms with Crippen molar-refractivity contribution in [2.75, 3.05) is 23.7 Å². The number of benzene rings is 3. The quantitative estimate of drug-likeness (QED) is 0.392. The van der Waals surface area contributed by atoms with Gasteiger partial charge in [0.15, 0.2) is 0 Å². The van der Waals surface area contributed by atoms with Gasteiger partial charge >= 0.3 is 0 Å². The molecule has 35 heavy (non-hydrogen) atoms. The molecule has 0 aromatic heterocycles. The molecule has 3 aromatic rings. The van der Waals surface area contributed by atoms with Crippen molar-refractivity contribution in [1.82, 2.24) is 10.2 Å². The van der Waals surface area contributed by atoms with Crippen LogP contribution in [0.5, 0.6) is 0 Å². The maximum atomic E-state index is 12.7. The molecule has 0 radical (unpaired) electrons. The van der Waals surface area contributed by atoms with Crippen LogP contribution in [0.15, 0.2) is 72.8 Å². The van der Waals surface area contributed by atoms with Gasteiger partial charge < -0.3 is 15.1 Å². The van der Waals surface area contributed by atoms with Crippen molar-refractivity contribution >= 4 is 40.9 Å². The molecule has 0 spiro atoms. The van der Waals surface area contributed by atoms with Crippen LogP contribution < -0.4 is 10.2 Å². The highest BCUT2D eigenvalue weighted by Gasteiger charge is 2.32. The highest BCUT2D eigenvalue weighted by Crippen LogP contribution is 2.39. The molecular formula is C28H30ClN3O2S. The maximum absolute atomic E-state index is 12.7. The number of halogens is 1. The van der Waals surface area contributed by atoms with Crippen molar-refractivity contribution in [2.45, 2.75) is 32.3 Å². The van der Waals surface area contributed by atoms with E-state index in [9.17, 15) is 9.59 Å². The minimum atomic E-state index is -0.113. The number of hydrogen-bond donors (Lipinski definition) is 1. The Morgan fingerprint density at radius 1 is 0.971 bits per heavy atom. The monoisotopic (exact) mass is 507 g/mol. The molecule has 2 amide bonds. The number of carbonyl (C=O) groups excluding carboxylic acids is 2. The highest BCUT2D eigenvalue weighted by atomic mass is 35.5. The molecule has 0 saturated carbocycles. The van der Waals surface area contributed by atoms with Gasteiger partial charge in [-0.05, 0) is 66.9 Å². The van der Waals surface area contributed by atoms with E-state index in [0.717, 1.165) is 29.8 Å². The first-order chi connectivity index (χ1) is 17.0. The molecule has 0 aliphatic carbocycles. The van der Waals surface area contributed by atoms with Crippen LogP contribution in [0.2, 0.25) is 5.02 Å². The van der Waals surface area contributed by atoms with Gasteiger partial charge in [0, 0.05) is 42.5 Å². The lowest BCUT2D eigenvalue weighted by atomic mass is 10.1. The zero-order chi connectivity index (χ0) is 24.8. The van der Waals surface area contributed by atoms with E-state index < -0.39 is 0 Å². The van der Waals surface area contributed by atoms with Crippen LogP contribution in [0.25, 0.3) is 0 Å². The first kappa shape index (κ1) is 25.1. The van der Waals surface area contributed by atoms with Crippen LogP contribution in [-0.2, 0) is 17.9 Å². The number of thioether (sulfide) groups is 1. The highest BCUT2D eigenvalue weighted by molar-refractivity contribution is 8.00. The minimum Gasteiger partial charge on any atom is -0.372 e. The number of nitrogens with one attached hydrogen (secondary N) is 1. The number of nitrogens with zero attached hydrogens (tertiary/aromatic N) is 2. The van der Waals surface area contributed by atoms with E-state index in [1.54, 1.807) is 11.8 Å². The zero-order valence-corrected chi connectivity index (χ0v) is 21.6. The van der Waals surface area contributed by atoms with Crippen molar-refractivity contribution in [3.8, 4) is 0 Å². The summed E-state index contributed by atoms with van der Waals surface area (Å²) in [6, 6.07) is 23.4. The standard InChI is InChI=1S/C28H30ClN3O2S/c1-3-31(4-2)25-15-7-20(8-16-25)17-30-27(34)22-9-11-23(12-10-22)28-32(26(33)19-35-28)18-21-5-13-24(29)14-6-21/h5-16,28H,3-4,17-19H2,1-2H3,(H,30,34)/t28-/m0/s1. The number of amides is 2. The van der Waals surface area contributed by atoms with Gasteiger partial charge in [0.25, 0.3) is 5.91 Å². The smallest absolute Gasteiger partial charge is 0.251 e. The van der Waals surface area contributed by atoms with E-state index >= 15 is 0 Å². The van der Waals surface area contributed by atoms with E-state index in [1.165, 1.54) is 5.69 Å². The summed E-state index contributed by atoms with van der Waals surface area (Å²) in [6.07, 6.45) is 0. The maximum Gasteiger partial charge on any atom is 0.251 e. The molecule has 182 valence electrons. The second-order valence-corrected chi connectivity index (χ2v) is 9.96. The molecule has 1 fully saturated rings. The summed E-state index contributed by atoms with van der Waals surface area (Å²) in [5.74, 6) is 0.453. The van der Waals surface area contributed by atoms with Gasteiger partial charge in [-0.15, -0.1) is 11.8 Å². The number of anilines is 1. The van der Waals surface area contributed by atoms with Crippen LogP contribution in [-0.4, -0.2) is 35.6 Å². The molecule has 1 atom stereocenters. The Bertz CT molecular complexity index is 1150. The molecule has 7 heteroatoms. The molecule has 1 saturated heterocycles. The molecule has 1 aliphatic heterocycles. The summed E-state index contributed by atoms with van der Waals surface area (Å²) < 4.78 is 0. The lowest BCUT2D eigenvalue weighted by molar-refractivity contribution is -0.128. The summed E-state index contributed by atoms with van der Waals surface area (Å²) in [7, 11) is 0. The molecule has 5 nitrogen and oxygen atoms in total. The van der Waals surface area contributed by atoms with Gasteiger partial charge in [-0.1, -0.05) is 48.0 Å². The number of hydrogen-bond acceptors (Lipinski definition) is 4. The summed E-state index contributed by atoms with van der Waals surface area (Å²) in [5, 5.41) is 3.61. The third kappa shape index (κ3) is 6.19. The van der Waals surface area contributed by atoms with Crippen LogP contribution >= 0.6 is 23.4 Å². The van der Waals surface area contributed by atoms with Crippen molar-refractivity contribution in [1.29, 1.82) is 0 Å². The fraction of sp³-hybridized carbons (Fsp3) is 0.286. The molecule has 0 bridgehead atoms. The lowest BCUT2D eigenvalue weighted by Gasteiger charge is -2.24. The zero-order valence-electron chi connectivity index (χ0n) is 20.0. The Morgan fingerprint density at radius 3 is 2.23 bits per heavy atom. The number of rotatable bonds is 9. The van der Waals surface area contributed by atoms with Gasteiger partial charge in [-0.3, -0.25) is 9.59 Å². The average Bonchev–Trinajstić information content (AvgIpc) is 3.25. The average molecular weight is 508 g/mol. The van der Waals surface area contributed by atoms with E-state index in [4.69, 9.17) is 11.6 Å². The van der Waals surface area contributed by atoms with Crippen LogP contribution in [0.4, 0.5) is 5.69 Å². The predicted octanol–water partition coefficient (Wildman–Crippen LogP) is 5.89. The Kier molecular flexibility index (Phi) is 8.37. The van der Waals surface area contributed by atoms with Crippen molar-refractivity contribution in [2.24, 2.45) is 0 Å². The van der Waals surface area contributed by atoms with E-state index in [2.05, 4.69) is 48.3 Å². The van der Waals surface area contributed by atoms with Crippen molar-refractivity contribution in [3.05, 3.63) is 100 Å². The van der Waals surface area contributed by atoms with Gasteiger partial charge in [0.2, 0.25) is 5.91 Å². The Labute approximate surface area is 216 Å². The van der Waals surface area contributed by atoms with Gasteiger partial charge in [-0.2, -0.15) is 0 Å². The Balaban J connectivity index is 1.36. The van der Waals surface area contributed by atoms with E-state index in [1.807, 2.05) is 53.4 Å². The first-order valence-electron chi connectivity index (χ1n) is 11.9. The fourth-order valence-electron chi connectivity index (χ4n) is 4.18. The first-order valence-corrected chi connectivity index (χ1v) is 13.3. The lowest BCUT2D eigenvalue weighted by Crippen LogP contribution is -2.27. The van der Waals surface area contributed by atoms with Crippen molar-refractivity contribution < 1.29 is 9.59 Å². The molecule has 1 N–H and O–H groups in total. The molecule has 1 heterocycles. The SMILES string of the molecule is CCN(CC)c1ccc(CNC(=O)c2ccc([C@@H]3SCC(=O)N3Cc3ccc(Cl)cc3)cc2)cc1. The summed E-state index contributed by atoms with van der Waals surface area (Å²) in [4.78, 5) is 29.4. The molecule has 0 unspecified atom stereocenters. The third-order valence-electron chi connectivity index (χ3n) is 6.21. The van der Waals surface area contributed by atoms with Crippen LogP contribution in [0.1, 0.15) is 46.3 Å². The summed E-state index contributed by atoms with van der Waals surface area (Å²) in [6.45, 7) is 7.22. The topological polar surface area (TPSA) is 52.7 Å². The third-order valence-corrected chi connectivity index (χ3v) is 7.72. The fourth-order valence-corrected chi connectivity index (χ4v) is 5.50. The number of carbonyl (C=O) groups is 2. The van der Waals surface area contributed by atoms with E-state index in [-0.39, 0.29) is 17.2 Å². The normalized spacial score (nSPS) is 15.3. The second kappa shape index (κ2) is 11.6. The molecule has 1 aliphatic rings. The molecular weight excluding hydrogens is 478 g/mol. The second-order valence-electron chi connectivity index (χ2n) is 8.45. The minimum absolute atomic E-state index is 0.0698. The van der Waals surface area contributed by atoms with Crippen LogP contribution in [0.3, 0.4) is 0 Å². The van der Waals surface area contributed by atoms with Gasteiger partial charge in [0.05, 0.1) is 5.75 Å². The molecule has 4 rings (SSSR count). The van der Waals surface area contributed by atoms with Crippen LogP contribution in [0, 0.1) is 0 Å². The van der Waals surface area contributed by atoms with E-state index in [0.29, 0.717) is 29.4 Å². The molecule has 3 aromatic carbocycles. The largest absolute Gasteiger partial charge is 0.372 e. The van der Waals surface area contributed by atoms with Crippen molar-refractivity contribution in [3.63, 3.8) is 0 Å². The Morgan fingerprint density at radius 2 is 1.60 bits per heavy atom. The van der Waals surface area contributed by atoms with Gasteiger partial charge in [0.1, 0.15) is 5.37 Å². The summed E-state index contributed by atoms with van der Waals surface area (Å²) in [5.41, 5.74) is 4.90. The Hall–Kier alpha value is -2.96. The summed E-state index contributed by atoms with van der Waals surface area (Å²) >= 11 is 7.60.